The van der Waals surface area contributed by atoms with Gasteiger partial charge in [-0.25, -0.2) is 0 Å². The third kappa shape index (κ3) is 5.71. The lowest BCUT2D eigenvalue weighted by Crippen LogP contribution is -2.34. The van der Waals surface area contributed by atoms with Crippen LogP contribution in [0.25, 0.3) is 0 Å². The smallest absolute Gasteiger partial charge is 0.182 e. The molecule has 0 bridgehead atoms. The molecule has 1 heterocycles. The van der Waals surface area contributed by atoms with E-state index >= 15 is 0 Å². The lowest BCUT2D eigenvalue weighted by atomic mass is 9.78. The highest BCUT2D eigenvalue weighted by Gasteiger charge is 2.40. The maximum atomic E-state index is 13.5. The first-order chi connectivity index (χ1) is 14.2. The van der Waals surface area contributed by atoms with E-state index in [0.717, 1.165) is 36.3 Å². The van der Waals surface area contributed by atoms with Gasteiger partial charge in [0.05, 0.1) is 22.7 Å². The van der Waals surface area contributed by atoms with Gasteiger partial charge in [0.15, 0.2) is 5.78 Å². The Morgan fingerprint density at radius 1 is 1.16 bits per heavy atom. The van der Waals surface area contributed by atoms with Crippen LogP contribution in [0.4, 0.5) is 0 Å². The molecule has 1 N–H and O–H groups in total. The third-order valence-corrected chi connectivity index (χ3v) is 6.79. The molecule has 0 spiro atoms. The van der Waals surface area contributed by atoms with Crippen molar-refractivity contribution in [2.75, 3.05) is 13.1 Å². The highest BCUT2D eigenvalue weighted by molar-refractivity contribution is 9.08. The average Bonchev–Trinajstić information content (AvgIpc) is 2.97. The van der Waals surface area contributed by atoms with Gasteiger partial charge in [-0.05, 0) is 41.2 Å². The summed E-state index contributed by atoms with van der Waals surface area (Å²) in [4.78, 5) is 15.6. The minimum atomic E-state index is -0.258. The highest BCUT2D eigenvalue weighted by Crippen LogP contribution is 2.40. The number of phenols is 1. The fraction of sp³-hybridized carbons (Fsp3) is 0.692. The number of Topliss-reactive ketones (excluding diaryl/α,β-unsaturated/α-hetero) is 1. The van der Waals surface area contributed by atoms with Crippen molar-refractivity contribution in [2.24, 2.45) is 21.8 Å². The van der Waals surface area contributed by atoms with Gasteiger partial charge in [0.1, 0.15) is 11.6 Å². The number of likely N-dealkylation sites (tertiary alicyclic amines) is 1. The number of nitrogens with zero attached hydrogens (tertiary/aromatic N) is 2. The van der Waals surface area contributed by atoms with Crippen LogP contribution in [-0.4, -0.2) is 34.7 Å². The monoisotopic (exact) mass is 492 g/mol. The Kier molecular flexibility index (Phi) is 8.05. The zero-order valence-corrected chi connectivity index (χ0v) is 22.4. The molecule has 1 aliphatic heterocycles. The Morgan fingerprint density at radius 3 is 2.06 bits per heavy atom. The van der Waals surface area contributed by atoms with E-state index in [-0.39, 0.29) is 16.6 Å². The Balaban J connectivity index is 2.43. The first-order valence-electron chi connectivity index (χ1n) is 11.6. The number of ketones is 1. The molecule has 4 nitrogen and oxygen atoms in total. The van der Waals surface area contributed by atoms with Crippen molar-refractivity contribution < 1.29 is 9.90 Å². The first kappa shape index (κ1) is 25.9. The number of hydrogen-bond donors (Lipinski definition) is 1. The molecule has 0 amide bonds. The molecular formula is C26H41BrN2O2. The molecule has 1 fully saturated rings. The number of hydrogen-bond acceptors (Lipinski definition) is 3. The number of halogens is 1. The summed E-state index contributed by atoms with van der Waals surface area (Å²) >= 11 is 3.34. The Hall–Kier alpha value is -1.36. The number of carbonyl (C=O) groups excluding carboxylic acids is 1. The molecule has 2 rings (SSSR count). The zero-order chi connectivity index (χ0) is 23.7. The Bertz CT molecular complexity index is 796. The van der Waals surface area contributed by atoms with Crippen LogP contribution in [0.3, 0.4) is 0 Å². The van der Waals surface area contributed by atoms with Crippen molar-refractivity contribution in [1.82, 2.24) is 4.90 Å². The molecule has 0 saturated carbocycles. The highest BCUT2D eigenvalue weighted by atomic mass is 79.9. The van der Waals surface area contributed by atoms with Crippen molar-refractivity contribution in [3.63, 3.8) is 0 Å². The molecule has 0 aliphatic carbocycles. The first-order valence-corrected chi connectivity index (χ1v) is 12.3. The molecule has 1 saturated heterocycles. The summed E-state index contributed by atoms with van der Waals surface area (Å²) in [5.74, 6) is 2.73. The van der Waals surface area contributed by atoms with Crippen LogP contribution in [-0.2, 0) is 10.8 Å². The number of benzene rings is 1. The van der Waals surface area contributed by atoms with Crippen molar-refractivity contribution in [3.05, 3.63) is 28.8 Å². The van der Waals surface area contributed by atoms with Gasteiger partial charge in [-0.15, -0.1) is 0 Å². The summed E-state index contributed by atoms with van der Waals surface area (Å²) in [6.45, 7) is 20.3. The van der Waals surface area contributed by atoms with Crippen LogP contribution in [0.5, 0.6) is 5.75 Å². The van der Waals surface area contributed by atoms with E-state index in [9.17, 15) is 9.90 Å². The predicted molar refractivity (Wildman–Crippen MR) is 134 cm³/mol. The van der Waals surface area contributed by atoms with Crippen LogP contribution < -0.4 is 0 Å². The molecule has 31 heavy (non-hydrogen) atoms. The van der Waals surface area contributed by atoms with E-state index in [1.807, 2.05) is 12.1 Å². The SMILES string of the molecule is CCC[C@@H]1CN(CC(=O)c2cc(C(C)(C)C)c(O)c(C(C)(C)C)c2)/C(=N\Br)[C@@H]1C(C)C. The second-order valence-electron chi connectivity index (χ2n) is 11.5. The van der Waals surface area contributed by atoms with E-state index < -0.39 is 0 Å². The fourth-order valence-electron chi connectivity index (χ4n) is 4.85. The van der Waals surface area contributed by atoms with Crippen LogP contribution >= 0.6 is 16.1 Å². The van der Waals surface area contributed by atoms with Crippen molar-refractivity contribution in [1.29, 1.82) is 0 Å². The summed E-state index contributed by atoms with van der Waals surface area (Å²) in [5, 5.41) is 11.0. The van der Waals surface area contributed by atoms with Crippen molar-refractivity contribution in [2.45, 2.75) is 86.0 Å². The minimum Gasteiger partial charge on any atom is -0.507 e. The third-order valence-electron chi connectivity index (χ3n) is 6.43. The van der Waals surface area contributed by atoms with E-state index in [4.69, 9.17) is 0 Å². The van der Waals surface area contributed by atoms with Crippen molar-refractivity contribution >= 4 is 27.8 Å². The van der Waals surface area contributed by atoms with Gasteiger partial charge in [-0.3, -0.25) is 4.79 Å². The summed E-state index contributed by atoms with van der Waals surface area (Å²) < 4.78 is 4.44. The lowest BCUT2D eigenvalue weighted by molar-refractivity contribution is 0.0963. The Labute approximate surface area is 197 Å². The molecule has 2 atom stereocenters. The molecular weight excluding hydrogens is 452 g/mol. The maximum Gasteiger partial charge on any atom is 0.182 e. The molecule has 1 aliphatic rings. The maximum absolute atomic E-state index is 13.5. The quantitative estimate of drug-likeness (QED) is 0.440. The van der Waals surface area contributed by atoms with Gasteiger partial charge >= 0.3 is 0 Å². The minimum absolute atomic E-state index is 0.0734. The van der Waals surface area contributed by atoms with Gasteiger partial charge in [0.2, 0.25) is 0 Å². The summed E-state index contributed by atoms with van der Waals surface area (Å²) in [6, 6.07) is 3.77. The van der Waals surface area contributed by atoms with Crippen LogP contribution in [0.1, 0.15) is 96.6 Å². The number of phenolic OH excluding ortho intramolecular Hbond substituents is 1. The van der Waals surface area contributed by atoms with Gasteiger partial charge in [-0.1, -0.05) is 68.7 Å². The predicted octanol–water partition coefficient (Wildman–Crippen LogP) is 6.88. The van der Waals surface area contributed by atoms with E-state index in [1.165, 1.54) is 0 Å². The van der Waals surface area contributed by atoms with Crippen LogP contribution in [0.15, 0.2) is 16.2 Å². The number of carbonyl (C=O) groups is 1. The van der Waals surface area contributed by atoms with Crippen LogP contribution in [0.2, 0.25) is 0 Å². The summed E-state index contributed by atoms with van der Waals surface area (Å²) in [7, 11) is 0. The standard InChI is InChI=1S/C26H41BrN2O2/c1-10-11-17-14-29(24(28-27)22(17)16(2)3)15-21(30)18-12-19(25(4,5)6)23(31)20(13-18)26(7,8)9/h12-13,16-17,22,31H,10-11,14-15H2,1-9H3/b28-24-/t17-,22-/m1/s1. The molecule has 0 aromatic heterocycles. The van der Waals surface area contributed by atoms with Gasteiger partial charge in [-0.2, -0.15) is 4.02 Å². The van der Waals surface area contributed by atoms with Gasteiger partial charge in [0, 0.05) is 29.2 Å². The number of rotatable bonds is 6. The largest absolute Gasteiger partial charge is 0.507 e. The number of aromatic hydroxyl groups is 1. The van der Waals surface area contributed by atoms with E-state index in [0.29, 0.717) is 35.6 Å². The van der Waals surface area contributed by atoms with E-state index in [2.05, 4.69) is 87.4 Å². The van der Waals surface area contributed by atoms with Crippen molar-refractivity contribution in [3.8, 4) is 5.75 Å². The Morgan fingerprint density at radius 2 is 1.68 bits per heavy atom. The molecule has 0 radical (unpaired) electrons. The second kappa shape index (κ2) is 9.64. The van der Waals surface area contributed by atoms with Gasteiger partial charge < -0.3 is 10.0 Å². The molecule has 1 aromatic carbocycles. The summed E-state index contributed by atoms with van der Waals surface area (Å²) in [5.41, 5.74) is 1.80. The van der Waals surface area contributed by atoms with Gasteiger partial charge in [0.25, 0.3) is 0 Å². The molecule has 1 aromatic rings. The summed E-state index contributed by atoms with van der Waals surface area (Å²) in [6.07, 6.45) is 2.27. The second-order valence-corrected chi connectivity index (χ2v) is 11.8. The number of amidine groups is 1. The lowest BCUT2D eigenvalue weighted by Gasteiger charge is -2.28. The van der Waals surface area contributed by atoms with E-state index in [1.54, 1.807) is 0 Å². The normalized spacial score (nSPS) is 21.4. The van der Waals surface area contributed by atoms with Crippen LogP contribution in [0, 0.1) is 17.8 Å². The fourth-order valence-corrected chi connectivity index (χ4v) is 5.32. The molecule has 174 valence electrons. The zero-order valence-electron chi connectivity index (χ0n) is 20.8. The molecule has 5 heteroatoms. The molecule has 0 unspecified atom stereocenters. The average molecular weight is 494 g/mol. The topological polar surface area (TPSA) is 52.9 Å².